The number of nitrogens with zero attached hydrogens (tertiary/aromatic N) is 2. The van der Waals surface area contributed by atoms with Crippen molar-refractivity contribution in [3.05, 3.63) is 33.1 Å². The SMILES string of the molecule is O=C(NCC1CCSC1)c1cc([N+](=O)[O-])cnc1Cl. The van der Waals surface area contributed by atoms with Crippen LogP contribution in [0.2, 0.25) is 5.15 Å². The molecule has 0 aliphatic carbocycles. The van der Waals surface area contributed by atoms with Crippen LogP contribution >= 0.6 is 23.4 Å². The van der Waals surface area contributed by atoms with Crippen molar-refractivity contribution in [2.75, 3.05) is 18.1 Å². The van der Waals surface area contributed by atoms with Gasteiger partial charge in [0.25, 0.3) is 11.6 Å². The van der Waals surface area contributed by atoms with Gasteiger partial charge in [-0.1, -0.05) is 11.6 Å². The van der Waals surface area contributed by atoms with E-state index in [-0.39, 0.29) is 16.4 Å². The van der Waals surface area contributed by atoms with Crippen LogP contribution in [0.3, 0.4) is 0 Å². The largest absolute Gasteiger partial charge is 0.352 e. The van der Waals surface area contributed by atoms with Crippen molar-refractivity contribution in [3.8, 4) is 0 Å². The molecule has 1 aromatic rings. The predicted octanol–water partition coefficient (Wildman–Crippen LogP) is 2.13. The number of nitrogens with one attached hydrogen (secondary N) is 1. The summed E-state index contributed by atoms with van der Waals surface area (Å²) in [6.07, 6.45) is 2.11. The minimum Gasteiger partial charge on any atom is -0.352 e. The van der Waals surface area contributed by atoms with E-state index >= 15 is 0 Å². The Morgan fingerprint density at radius 1 is 1.68 bits per heavy atom. The second kappa shape index (κ2) is 6.21. The molecule has 1 aromatic heterocycles. The quantitative estimate of drug-likeness (QED) is 0.523. The van der Waals surface area contributed by atoms with Crippen LogP contribution < -0.4 is 5.32 Å². The van der Waals surface area contributed by atoms with Crippen molar-refractivity contribution >= 4 is 35.0 Å². The first-order valence-corrected chi connectivity index (χ1v) is 7.27. The Bertz CT molecular complexity index is 506. The number of carbonyl (C=O) groups excluding carboxylic acids is 1. The van der Waals surface area contributed by atoms with Gasteiger partial charge in [0.15, 0.2) is 0 Å². The lowest BCUT2D eigenvalue weighted by Gasteiger charge is -2.10. The Morgan fingerprint density at radius 3 is 3.11 bits per heavy atom. The summed E-state index contributed by atoms with van der Waals surface area (Å²) in [5, 5.41) is 13.4. The predicted molar refractivity (Wildman–Crippen MR) is 73.7 cm³/mol. The van der Waals surface area contributed by atoms with Gasteiger partial charge in [-0.2, -0.15) is 11.8 Å². The van der Waals surface area contributed by atoms with Crippen LogP contribution in [0.1, 0.15) is 16.8 Å². The van der Waals surface area contributed by atoms with Gasteiger partial charge in [0.05, 0.1) is 10.5 Å². The standard InChI is InChI=1S/C11H12ClN3O3S/c12-10-9(3-8(5-13-10)15(17)18)11(16)14-4-7-1-2-19-6-7/h3,5,7H,1-2,4,6H2,(H,14,16). The van der Waals surface area contributed by atoms with Crippen LogP contribution in [0.4, 0.5) is 5.69 Å². The van der Waals surface area contributed by atoms with Gasteiger partial charge in [-0.3, -0.25) is 14.9 Å². The fourth-order valence-corrected chi connectivity index (χ4v) is 3.25. The highest BCUT2D eigenvalue weighted by Gasteiger charge is 2.20. The lowest BCUT2D eigenvalue weighted by Crippen LogP contribution is -2.29. The lowest BCUT2D eigenvalue weighted by molar-refractivity contribution is -0.385. The molecular formula is C11H12ClN3O3S. The Hall–Kier alpha value is -1.34. The van der Waals surface area contributed by atoms with Gasteiger partial charge in [0.2, 0.25) is 0 Å². The number of hydrogen-bond donors (Lipinski definition) is 1. The zero-order valence-corrected chi connectivity index (χ0v) is 11.5. The molecule has 1 aliphatic rings. The lowest BCUT2D eigenvalue weighted by atomic mass is 10.1. The molecule has 1 amide bonds. The third kappa shape index (κ3) is 3.57. The molecule has 1 N–H and O–H groups in total. The molecule has 1 atom stereocenters. The van der Waals surface area contributed by atoms with Crippen LogP contribution in [0.5, 0.6) is 0 Å². The molecule has 1 aliphatic heterocycles. The Morgan fingerprint density at radius 2 is 2.47 bits per heavy atom. The number of halogens is 1. The summed E-state index contributed by atoms with van der Waals surface area (Å²) in [4.78, 5) is 25.6. The number of thioether (sulfide) groups is 1. The Kier molecular flexibility index (Phi) is 4.60. The first kappa shape index (κ1) is 14.1. The van der Waals surface area contributed by atoms with Gasteiger partial charge in [-0.05, 0) is 23.8 Å². The van der Waals surface area contributed by atoms with Gasteiger partial charge >= 0.3 is 0 Å². The number of rotatable bonds is 4. The zero-order valence-electron chi connectivity index (χ0n) is 9.97. The van der Waals surface area contributed by atoms with Crippen molar-refractivity contribution in [1.29, 1.82) is 0 Å². The fourth-order valence-electron chi connectivity index (χ4n) is 1.77. The third-order valence-corrected chi connectivity index (χ3v) is 4.39. The van der Waals surface area contributed by atoms with Crippen LogP contribution in [0, 0.1) is 16.0 Å². The summed E-state index contributed by atoms with van der Waals surface area (Å²) in [5.41, 5.74) is -0.201. The maximum absolute atomic E-state index is 11.9. The molecule has 6 nitrogen and oxygen atoms in total. The summed E-state index contributed by atoms with van der Waals surface area (Å²) in [6, 6.07) is 1.15. The van der Waals surface area contributed by atoms with E-state index in [0.29, 0.717) is 12.5 Å². The van der Waals surface area contributed by atoms with Gasteiger partial charge in [0, 0.05) is 12.6 Å². The summed E-state index contributed by atoms with van der Waals surface area (Å²) >= 11 is 7.65. The maximum atomic E-state index is 11.9. The molecule has 1 fully saturated rings. The van der Waals surface area contributed by atoms with Crippen molar-refractivity contribution in [3.63, 3.8) is 0 Å². The first-order valence-electron chi connectivity index (χ1n) is 5.74. The summed E-state index contributed by atoms with van der Waals surface area (Å²) in [6.45, 7) is 0.560. The van der Waals surface area contributed by atoms with E-state index in [2.05, 4.69) is 10.3 Å². The van der Waals surface area contributed by atoms with Gasteiger partial charge in [-0.15, -0.1) is 0 Å². The maximum Gasteiger partial charge on any atom is 0.288 e. The smallest absolute Gasteiger partial charge is 0.288 e. The van der Waals surface area contributed by atoms with E-state index in [0.717, 1.165) is 30.2 Å². The van der Waals surface area contributed by atoms with Crippen molar-refractivity contribution in [1.82, 2.24) is 10.3 Å². The zero-order chi connectivity index (χ0) is 13.8. The van der Waals surface area contributed by atoms with E-state index in [4.69, 9.17) is 11.6 Å². The molecule has 0 aromatic carbocycles. The minimum atomic E-state index is -0.603. The number of nitro groups is 1. The molecule has 0 bridgehead atoms. The van der Waals surface area contributed by atoms with Crippen LogP contribution in [-0.4, -0.2) is 33.9 Å². The van der Waals surface area contributed by atoms with Crippen molar-refractivity contribution < 1.29 is 9.72 Å². The molecule has 0 radical (unpaired) electrons. The van der Waals surface area contributed by atoms with Crippen LogP contribution in [0.25, 0.3) is 0 Å². The van der Waals surface area contributed by atoms with E-state index in [1.807, 2.05) is 11.8 Å². The molecule has 8 heteroatoms. The average molecular weight is 302 g/mol. The monoisotopic (exact) mass is 301 g/mol. The molecule has 1 unspecified atom stereocenters. The Labute approximate surface area is 119 Å². The number of aromatic nitrogens is 1. The van der Waals surface area contributed by atoms with E-state index in [9.17, 15) is 14.9 Å². The number of amides is 1. The molecule has 102 valence electrons. The average Bonchev–Trinajstić information content (AvgIpc) is 2.89. The summed E-state index contributed by atoms with van der Waals surface area (Å²) in [7, 11) is 0. The van der Waals surface area contributed by atoms with Crippen molar-refractivity contribution in [2.24, 2.45) is 5.92 Å². The highest BCUT2D eigenvalue weighted by molar-refractivity contribution is 7.99. The van der Waals surface area contributed by atoms with Crippen molar-refractivity contribution in [2.45, 2.75) is 6.42 Å². The van der Waals surface area contributed by atoms with E-state index in [1.54, 1.807) is 0 Å². The van der Waals surface area contributed by atoms with E-state index < -0.39 is 10.8 Å². The van der Waals surface area contributed by atoms with Crippen LogP contribution in [0.15, 0.2) is 12.3 Å². The van der Waals surface area contributed by atoms with Gasteiger partial charge in [-0.25, -0.2) is 4.98 Å². The third-order valence-electron chi connectivity index (χ3n) is 2.86. The minimum absolute atomic E-state index is 0.0242. The second-order valence-corrected chi connectivity index (χ2v) is 5.74. The second-order valence-electron chi connectivity index (χ2n) is 4.23. The summed E-state index contributed by atoms with van der Waals surface area (Å²) in [5.74, 6) is 2.18. The first-order chi connectivity index (χ1) is 9.08. The van der Waals surface area contributed by atoms with Gasteiger partial charge in [0.1, 0.15) is 11.3 Å². The molecule has 19 heavy (non-hydrogen) atoms. The highest BCUT2D eigenvalue weighted by atomic mass is 35.5. The number of pyridine rings is 1. The number of carbonyl (C=O) groups is 1. The molecule has 2 rings (SSSR count). The number of hydrogen-bond acceptors (Lipinski definition) is 5. The Balaban J connectivity index is 2.04. The molecule has 2 heterocycles. The van der Waals surface area contributed by atoms with Crippen LogP contribution in [-0.2, 0) is 0 Å². The molecule has 0 saturated carbocycles. The topological polar surface area (TPSA) is 85.1 Å². The summed E-state index contributed by atoms with van der Waals surface area (Å²) < 4.78 is 0. The van der Waals surface area contributed by atoms with Gasteiger partial charge < -0.3 is 5.32 Å². The molecule has 0 spiro atoms. The van der Waals surface area contributed by atoms with E-state index in [1.165, 1.54) is 0 Å². The highest BCUT2D eigenvalue weighted by Crippen LogP contribution is 2.23. The molecule has 1 saturated heterocycles. The normalized spacial score (nSPS) is 18.3. The fraction of sp³-hybridized carbons (Fsp3) is 0.455. The molecular weight excluding hydrogens is 290 g/mol.